The van der Waals surface area contributed by atoms with E-state index in [2.05, 4.69) is 127 Å². The summed E-state index contributed by atoms with van der Waals surface area (Å²) in [6, 6.07) is 48.4. The van der Waals surface area contributed by atoms with Crippen molar-refractivity contribution in [3.8, 4) is 22.3 Å². The van der Waals surface area contributed by atoms with Gasteiger partial charge in [-0.05, 0) is 83.5 Å². The van der Waals surface area contributed by atoms with Gasteiger partial charge in [-0.3, -0.25) is 0 Å². The molecule has 0 saturated heterocycles. The zero-order valence-electron chi connectivity index (χ0n) is 21.1. The summed E-state index contributed by atoms with van der Waals surface area (Å²) in [5, 5.41) is 12.7. The fraction of sp³-hybridized carbons (Fsp3) is 0. The van der Waals surface area contributed by atoms with Crippen LogP contribution < -0.4 is 0 Å². The predicted octanol–water partition coefficient (Wildman–Crippen LogP) is 11.0. The minimum absolute atomic E-state index is 0.928. The summed E-state index contributed by atoms with van der Waals surface area (Å²) in [6.07, 6.45) is 0. The van der Waals surface area contributed by atoms with E-state index in [1.807, 2.05) is 6.07 Å². The normalized spacial score (nSPS) is 12.1. The minimum atomic E-state index is 0.928. The average molecular weight is 495 g/mol. The minimum Gasteiger partial charge on any atom is -0.456 e. The van der Waals surface area contributed by atoms with E-state index < -0.39 is 0 Å². The highest BCUT2D eigenvalue weighted by molar-refractivity contribution is 6.28. The Labute approximate surface area is 224 Å². The first-order valence-corrected chi connectivity index (χ1v) is 13.4. The van der Waals surface area contributed by atoms with Crippen molar-refractivity contribution in [1.29, 1.82) is 0 Å². The molecule has 1 heterocycles. The molecule has 0 N–H and O–H groups in total. The molecule has 0 bridgehead atoms. The number of rotatable bonds is 2. The Balaban J connectivity index is 1.36. The van der Waals surface area contributed by atoms with Crippen LogP contribution in [-0.2, 0) is 0 Å². The lowest BCUT2D eigenvalue weighted by molar-refractivity contribution is 0.669. The van der Waals surface area contributed by atoms with Gasteiger partial charge in [0.05, 0.1) is 0 Å². The highest BCUT2D eigenvalue weighted by Gasteiger charge is 2.18. The maximum absolute atomic E-state index is 6.23. The van der Waals surface area contributed by atoms with Gasteiger partial charge in [-0.25, -0.2) is 0 Å². The Morgan fingerprint density at radius 2 is 0.974 bits per heavy atom. The first-order chi connectivity index (χ1) is 19.3. The molecule has 0 saturated carbocycles. The Morgan fingerprint density at radius 3 is 1.82 bits per heavy atom. The number of furan rings is 1. The molecule has 0 amide bonds. The van der Waals surface area contributed by atoms with Crippen LogP contribution in [0.1, 0.15) is 0 Å². The molecule has 39 heavy (non-hydrogen) atoms. The molecule has 0 radical (unpaired) electrons. The first-order valence-electron chi connectivity index (χ1n) is 13.4. The van der Waals surface area contributed by atoms with Crippen molar-refractivity contribution in [2.45, 2.75) is 0 Å². The summed E-state index contributed by atoms with van der Waals surface area (Å²) in [7, 11) is 0. The lowest BCUT2D eigenvalue weighted by Gasteiger charge is -2.17. The second-order valence-corrected chi connectivity index (χ2v) is 10.5. The van der Waals surface area contributed by atoms with Crippen molar-refractivity contribution in [3.05, 3.63) is 133 Å². The molecule has 180 valence electrons. The molecule has 0 fully saturated rings. The summed E-state index contributed by atoms with van der Waals surface area (Å²) in [5.41, 5.74) is 6.84. The number of hydrogen-bond donors (Lipinski definition) is 0. The largest absolute Gasteiger partial charge is 0.456 e. The third-order valence-electron chi connectivity index (χ3n) is 8.42. The number of hydrogen-bond acceptors (Lipinski definition) is 1. The molecule has 1 aromatic heterocycles. The molecule has 0 spiro atoms. The number of fused-ring (bicyclic) bond motifs is 4. The molecular weight excluding hydrogens is 472 g/mol. The van der Waals surface area contributed by atoms with Gasteiger partial charge >= 0.3 is 0 Å². The Morgan fingerprint density at radius 1 is 0.333 bits per heavy atom. The third-order valence-corrected chi connectivity index (χ3v) is 8.42. The van der Waals surface area contributed by atoms with E-state index in [1.165, 1.54) is 70.7 Å². The Hall–Kier alpha value is -5.14. The topological polar surface area (TPSA) is 13.1 Å². The molecule has 0 aliphatic rings. The van der Waals surface area contributed by atoms with Gasteiger partial charge in [-0.2, -0.15) is 0 Å². The molecule has 0 aliphatic carbocycles. The Bertz CT molecular complexity index is 2390. The molecule has 0 atom stereocenters. The van der Waals surface area contributed by atoms with Crippen LogP contribution in [0.2, 0.25) is 0 Å². The average Bonchev–Trinajstić information content (AvgIpc) is 3.38. The predicted molar refractivity (Wildman–Crippen MR) is 166 cm³/mol. The van der Waals surface area contributed by atoms with E-state index in [-0.39, 0.29) is 0 Å². The van der Waals surface area contributed by atoms with Crippen LogP contribution in [0.15, 0.2) is 138 Å². The quantitative estimate of drug-likeness (QED) is 0.218. The smallest absolute Gasteiger partial charge is 0.136 e. The maximum Gasteiger partial charge on any atom is 0.136 e. The van der Waals surface area contributed by atoms with Gasteiger partial charge in [-0.15, -0.1) is 0 Å². The zero-order chi connectivity index (χ0) is 25.5. The highest BCUT2D eigenvalue weighted by atomic mass is 16.3. The van der Waals surface area contributed by atoms with Crippen molar-refractivity contribution >= 4 is 65.0 Å². The van der Waals surface area contributed by atoms with E-state index in [9.17, 15) is 0 Å². The van der Waals surface area contributed by atoms with Crippen molar-refractivity contribution in [1.82, 2.24) is 0 Å². The van der Waals surface area contributed by atoms with Gasteiger partial charge < -0.3 is 4.42 Å². The SMILES string of the molecule is c1ccc2cc(-c3ccc4ccc5c(-c6cccc7oc8ccccc8c67)ccc6ccc3c4c65)ccc2c1. The van der Waals surface area contributed by atoms with Crippen molar-refractivity contribution in [2.75, 3.05) is 0 Å². The zero-order valence-corrected chi connectivity index (χ0v) is 21.1. The number of benzene rings is 8. The van der Waals surface area contributed by atoms with Gasteiger partial charge in [0, 0.05) is 10.8 Å². The molecule has 1 nitrogen and oxygen atoms in total. The van der Waals surface area contributed by atoms with Gasteiger partial charge in [0.25, 0.3) is 0 Å². The molecule has 0 unspecified atom stereocenters. The van der Waals surface area contributed by atoms with Gasteiger partial charge in [0.15, 0.2) is 0 Å². The lowest BCUT2D eigenvalue weighted by atomic mass is 9.86. The van der Waals surface area contributed by atoms with Crippen molar-refractivity contribution in [3.63, 3.8) is 0 Å². The monoisotopic (exact) mass is 494 g/mol. The van der Waals surface area contributed by atoms with Crippen LogP contribution in [0, 0.1) is 0 Å². The third kappa shape index (κ3) is 2.90. The highest BCUT2D eigenvalue weighted by Crippen LogP contribution is 2.44. The lowest BCUT2D eigenvalue weighted by Crippen LogP contribution is -1.90. The van der Waals surface area contributed by atoms with Crippen molar-refractivity contribution in [2.24, 2.45) is 0 Å². The molecule has 9 aromatic rings. The standard InChI is InChI=1S/C38H22O/c1-2-7-26-22-27(13-12-23(26)6-1)28-18-14-24-17-21-32-29(19-15-25-16-20-31(28)36(24)37(25)32)30-9-5-11-35-38(30)33-8-3-4-10-34(33)39-35/h1-22H. The summed E-state index contributed by atoms with van der Waals surface area (Å²) >= 11 is 0. The van der Waals surface area contributed by atoms with Crippen LogP contribution in [0.3, 0.4) is 0 Å². The summed E-state index contributed by atoms with van der Waals surface area (Å²) in [4.78, 5) is 0. The molecular formula is C38H22O. The van der Waals surface area contributed by atoms with Crippen LogP contribution in [0.5, 0.6) is 0 Å². The molecule has 0 aliphatic heterocycles. The van der Waals surface area contributed by atoms with Crippen LogP contribution in [0.4, 0.5) is 0 Å². The first kappa shape index (κ1) is 20.9. The summed E-state index contributed by atoms with van der Waals surface area (Å²) in [5.74, 6) is 0. The van der Waals surface area contributed by atoms with Gasteiger partial charge in [-0.1, -0.05) is 115 Å². The van der Waals surface area contributed by atoms with E-state index >= 15 is 0 Å². The van der Waals surface area contributed by atoms with Crippen LogP contribution in [-0.4, -0.2) is 0 Å². The number of para-hydroxylation sites is 1. The molecule has 9 rings (SSSR count). The summed E-state index contributed by atoms with van der Waals surface area (Å²) < 4.78 is 6.23. The maximum atomic E-state index is 6.23. The van der Waals surface area contributed by atoms with E-state index in [4.69, 9.17) is 4.42 Å². The Kier molecular flexibility index (Phi) is 4.11. The van der Waals surface area contributed by atoms with Gasteiger partial charge in [0.1, 0.15) is 11.2 Å². The second kappa shape index (κ2) is 7.69. The van der Waals surface area contributed by atoms with Crippen LogP contribution >= 0.6 is 0 Å². The van der Waals surface area contributed by atoms with E-state index in [1.54, 1.807) is 0 Å². The van der Waals surface area contributed by atoms with Crippen LogP contribution in [0.25, 0.3) is 87.3 Å². The summed E-state index contributed by atoms with van der Waals surface area (Å²) in [6.45, 7) is 0. The second-order valence-electron chi connectivity index (χ2n) is 10.5. The fourth-order valence-electron chi connectivity index (χ4n) is 6.64. The van der Waals surface area contributed by atoms with E-state index in [0.717, 1.165) is 16.6 Å². The van der Waals surface area contributed by atoms with E-state index in [0.29, 0.717) is 0 Å². The van der Waals surface area contributed by atoms with Gasteiger partial charge in [0.2, 0.25) is 0 Å². The molecule has 8 aromatic carbocycles. The van der Waals surface area contributed by atoms with Crippen molar-refractivity contribution < 1.29 is 4.42 Å². The fourth-order valence-corrected chi connectivity index (χ4v) is 6.64. The molecule has 1 heteroatoms.